The first-order valence-electron chi connectivity index (χ1n) is 10.1. The predicted octanol–water partition coefficient (Wildman–Crippen LogP) is 1.27. The van der Waals surface area contributed by atoms with E-state index >= 15 is 0 Å². The van der Waals surface area contributed by atoms with Crippen molar-refractivity contribution < 1.29 is 14.4 Å². The molecule has 0 aliphatic carbocycles. The highest BCUT2D eigenvalue weighted by Gasteiger charge is 2.27. The Balaban J connectivity index is 1.33. The molecular weight excluding hydrogens is 386 g/mol. The van der Waals surface area contributed by atoms with Gasteiger partial charge in [-0.25, -0.2) is 9.80 Å². The van der Waals surface area contributed by atoms with Crippen molar-refractivity contribution in [1.29, 1.82) is 0 Å². The summed E-state index contributed by atoms with van der Waals surface area (Å²) in [6, 6.07) is 7.23. The van der Waals surface area contributed by atoms with Gasteiger partial charge in [-0.2, -0.15) is 5.10 Å². The molecule has 0 bridgehead atoms. The summed E-state index contributed by atoms with van der Waals surface area (Å²) in [7, 11) is 0. The van der Waals surface area contributed by atoms with Crippen LogP contribution >= 0.6 is 0 Å². The van der Waals surface area contributed by atoms with Gasteiger partial charge in [0.2, 0.25) is 11.8 Å². The number of nitrogens with zero attached hydrogens (tertiary/aromatic N) is 3. The second-order valence-corrected chi connectivity index (χ2v) is 7.40. The molecule has 1 saturated heterocycles. The maximum absolute atomic E-state index is 12.5. The largest absolute Gasteiger partial charge is 0.337 e. The zero-order chi connectivity index (χ0) is 21.1. The molecule has 2 aliphatic rings. The lowest BCUT2D eigenvalue weighted by molar-refractivity contribution is -0.117. The molecule has 4 amide bonds. The molecule has 1 aromatic heterocycles. The van der Waals surface area contributed by atoms with Crippen molar-refractivity contribution in [2.75, 3.05) is 23.3 Å². The number of nitrogens with one attached hydrogen (secondary N) is 4. The summed E-state index contributed by atoms with van der Waals surface area (Å²) < 4.78 is 0. The Hall–Kier alpha value is -3.40. The van der Waals surface area contributed by atoms with Gasteiger partial charge in [-0.3, -0.25) is 20.1 Å². The number of rotatable bonds is 6. The standard InChI is InChI=1S/C20H25N7O3/c1-2-21-20(30)25-26-11-15-16(12-26)23-24-19(15)22-17(28)10-13-5-7-14(8-6-13)27-9-3-4-18(27)29/h5-8H,2-4,9-12H2,1H3,(H2,21,25,30)(H2,22,23,24,28). The predicted molar refractivity (Wildman–Crippen MR) is 110 cm³/mol. The van der Waals surface area contributed by atoms with Crippen LogP contribution in [0.25, 0.3) is 0 Å². The molecular formula is C20H25N7O3. The summed E-state index contributed by atoms with van der Waals surface area (Å²) in [4.78, 5) is 37.8. The zero-order valence-corrected chi connectivity index (χ0v) is 16.8. The summed E-state index contributed by atoms with van der Waals surface area (Å²) in [6.45, 7) is 4.09. The molecule has 3 heterocycles. The number of urea groups is 1. The number of hydrogen-bond acceptors (Lipinski definition) is 5. The molecule has 158 valence electrons. The average Bonchev–Trinajstić information content (AvgIpc) is 3.40. The van der Waals surface area contributed by atoms with E-state index < -0.39 is 0 Å². The van der Waals surface area contributed by atoms with Gasteiger partial charge in [-0.15, -0.1) is 0 Å². The molecule has 0 saturated carbocycles. The highest BCUT2D eigenvalue weighted by Crippen LogP contribution is 2.26. The van der Waals surface area contributed by atoms with Gasteiger partial charge in [-0.1, -0.05) is 12.1 Å². The summed E-state index contributed by atoms with van der Waals surface area (Å²) >= 11 is 0. The van der Waals surface area contributed by atoms with Crippen LogP contribution in [-0.4, -0.2) is 46.1 Å². The average molecular weight is 411 g/mol. The number of hydrogen-bond donors (Lipinski definition) is 4. The molecule has 2 aromatic rings. The van der Waals surface area contributed by atoms with Gasteiger partial charge < -0.3 is 15.5 Å². The maximum atomic E-state index is 12.5. The SMILES string of the molecule is CCNC(=O)NN1Cc2[nH]nc(NC(=O)Cc3ccc(N4CCCC4=O)cc3)c2C1. The van der Waals surface area contributed by atoms with E-state index in [4.69, 9.17) is 0 Å². The highest BCUT2D eigenvalue weighted by atomic mass is 16.2. The first-order valence-corrected chi connectivity index (χ1v) is 10.1. The lowest BCUT2D eigenvalue weighted by Crippen LogP contribution is -2.44. The molecule has 4 rings (SSSR count). The van der Waals surface area contributed by atoms with Crippen LogP contribution in [-0.2, 0) is 29.1 Å². The van der Waals surface area contributed by atoms with E-state index in [9.17, 15) is 14.4 Å². The van der Waals surface area contributed by atoms with Crippen LogP contribution in [0.3, 0.4) is 0 Å². The number of hydrazine groups is 1. The number of benzene rings is 1. The number of aromatic nitrogens is 2. The van der Waals surface area contributed by atoms with Crippen LogP contribution in [0, 0.1) is 0 Å². The van der Waals surface area contributed by atoms with Gasteiger partial charge in [0, 0.05) is 37.3 Å². The summed E-state index contributed by atoms with van der Waals surface area (Å²) in [6.07, 6.45) is 1.68. The fourth-order valence-corrected chi connectivity index (χ4v) is 3.74. The monoisotopic (exact) mass is 411 g/mol. The normalized spacial score (nSPS) is 15.9. The minimum atomic E-state index is -0.264. The summed E-state index contributed by atoms with van der Waals surface area (Å²) in [5.74, 6) is 0.447. The van der Waals surface area contributed by atoms with E-state index in [1.165, 1.54) is 0 Å². The van der Waals surface area contributed by atoms with Crippen molar-refractivity contribution in [2.45, 2.75) is 39.3 Å². The molecule has 30 heavy (non-hydrogen) atoms. The lowest BCUT2D eigenvalue weighted by Gasteiger charge is -2.17. The van der Waals surface area contributed by atoms with E-state index in [0.717, 1.165) is 35.5 Å². The molecule has 2 aliphatic heterocycles. The van der Waals surface area contributed by atoms with E-state index in [2.05, 4.69) is 26.3 Å². The van der Waals surface area contributed by atoms with Gasteiger partial charge in [0.15, 0.2) is 5.82 Å². The maximum Gasteiger partial charge on any atom is 0.329 e. The van der Waals surface area contributed by atoms with Crippen molar-refractivity contribution in [3.05, 3.63) is 41.1 Å². The van der Waals surface area contributed by atoms with E-state index in [1.54, 1.807) is 9.91 Å². The zero-order valence-electron chi connectivity index (χ0n) is 16.8. The molecule has 0 unspecified atom stereocenters. The molecule has 0 spiro atoms. The highest BCUT2D eigenvalue weighted by molar-refractivity contribution is 5.95. The van der Waals surface area contributed by atoms with E-state index in [-0.39, 0.29) is 24.3 Å². The van der Waals surface area contributed by atoms with E-state index in [0.29, 0.717) is 31.9 Å². The third kappa shape index (κ3) is 4.28. The van der Waals surface area contributed by atoms with E-state index in [1.807, 2.05) is 31.2 Å². The van der Waals surface area contributed by atoms with Gasteiger partial charge in [-0.05, 0) is 31.0 Å². The van der Waals surface area contributed by atoms with Gasteiger partial charge in [0.1, 0.15) is 0 Å². The fourth-order valence-electron chi connectivity index (χ4n) is 3.74. The van der Waals surface area contributed by atoms with Crippen LogP contribution in [0.4, 0.5) is 16.3 Å². The molecule has 4 N–H and O–H groups in total. The smallest absolute Gasteiger partial charge is 0.329 e. The second-order valence-electron chi connectivity index (χ2n) is 7.40. The Bertz CT molecular complexity index is 954. The Morgan fingerprint density at radius 2 is 2.00 bits per heavy atom. The van der Waals surface area contributed by atoms with Crippen molar-refractivity contribution >= 4 is 29.4 Å². The Morgan fingerprint density at radius 1 is 1.20 bits per heavy atom. The van der Waals surface area contributed by atoms with Gasteiger partial charge in [0.25, 0.3) is 0 Å². The Kier molecular flexibility index (Phi) is 5.66. The molecule has 0 atom stereocenters. The fraction of sp³-hybridized carbons (Fsp3) is 0.400. The second kappa shape index (κ2) is 8.54. The molecule has 1 aromatic carbocycles. The quantitative estimate of drug-likeness (QED) is 0.570. The van der Waals surface area contributed by atoms with Crippen molar-refractivity contribution in [2.24, 2.45) is 0 Å². The third-order valence-corrected chi connectivity index (χ3v) is 5.19. The van der Waals surface area contributed by atoms with Crippen LogP contribution in [0.1, 0.15) is 36.6 Å². The molecule has 0 radical (unpaired) electrons. The number of fused-ring (bicyclic) bond motifs is 1. The Labute approximate surface area is 174 Å². The van der Waals surface area contributed by atoms with Crippen LogP contribution in [0.5, 0.6) is 0 Å². The number of H-pyrrole nitrogens is 1. The van der Waals surface area contributed by atoms with Crippen molar-refractivity contribution in [3.8, 4) is 0 Å². The summed E-state index contributed by atoms with van der Waals surface area (Å²) in [5.41, 5.74) is 6.21. The minimum Gasteiger partial charge on any atom is -0.337 e. The topological polar surface area (TPSA) is 122 Å². The number of anilines is 2. The van der Waals surface area contributed by atoms with Crippen molar-refractivity contribution in [1.82, 2.24) is 25.9 Å². The minimum absolute atomic E-state index is 0.142. The molecule has 1 fully saturated rings. The number of carbonyl (C=O) groups excluding carboxylic acids is 3. The molecule has 10 nitrogen and oxygen atoms in total. The molecule has 10 heteroatoms. The Morgan fingerprint density at radius 3 is 2.70 bits per heavy atom. The number of aromatic amines is 1. The van der Waals surface area contributed by atoms with Gasteiger partial charge in [0.05, 0.1) is 18.7 Å². The van der Waals surface area contributed by atoms with Gasteiger partial charge >= 0.3 is 6.03 Å². The van der Waals surface area contributed by atoms with Crippen LogP contribution < -0.4 is 21.0 Å². The first-order chi connectivity index (χ1) is 14.5. The van der Waals surface area contributed by atoms with Crippen LogP contribution in [0.15, 0.2) is 24.3 Å². The number of amides is 4. The third-order valence-electron chi connectivity index (χ3n) is 5.19. The first kappa shape index (κ1) is 19.9. The van der Waals surface area contributed by atoms with Crippen molar-refractivity contribution in [3.63, 3.8) is 0 Å². The van der Waals surface area contributed by atoms with Crippen LogP contribution in [0.2, 0.25) is 0 Å². The lowest BCUT2D eigenvalue weighted by atomic mass is 10.1. The number of carbonyl (C=O) groups is 3. The summed E-state index contributed by atoms with van der Waals surface area (Å²) in [5, 5.41) is 14.4.